The van der Waals surface area contributed by atoms with Crippen LogP contribution in [0.3, 0.4) is 0 Å². The minimum absolute atomic E-state index is 0.720. The maximum Gasteiger partial charge on any atom is 0.0719 e. The van der Waals surface area contributed by atoms with Crippen molar-refractivity contribution in [3.05, 3.63) is 35.4 Å². The lowest BCUT2D eigenvalue weighted by atomic mass is 10.1. The second-order valence-electron chi connectivity index (χ2n) is 3.78. The van der Waals surface area contributed by atoms with E-state index in [2.05, 4.69) is 36.5 Å². The molecule has 0 radical (unpaired) electrons. The number of thioether (sulfide) groups is 1. The van der Waals surface area contributed by atoms with Crippen molar-refractivity contribution >= 4 is 11.8 Å². The summed E-state index contributed by atoms with van der Waals surface area (Å²) >= 11 is 1.97. The summed E-state index contributed by atoms with van der Waals surface area (Å²) in [5.74, 6) is 2.38. The molecule has 0 heterocycles. The van der Waals surface area contributed by atoms with Gasteiger partial charge in [-0.1, -0.05) is 31.2 Å². The Kier molecular flexibility index (Phi) is 8.14. The Labute approximate surface area is 109 Å². The summed E-state index contributed by atoms with van der Waals surface area (Å²) in [5.41, 5.74) is 2.65. The van der Waals surface area contributed by atoms with Gasteiger partial charge in [-0.25, -0.2) is 0 Å². The van der Waals surface area contributed by atoms with Crippen LogP contribution in [-0.2, 0) is 17.9 Å². The third kappa shape index (κ3) is 6.10. The van der Waals surface area contributed by atoms with Gasteiger partial charge < -0.3 is 10.1 Å². The van der Waals surface area contributed by atoms with E-state index in [1.807, 2.05) is 18.7 Å². The molecule has 0 saturated carbocycles. The number of hydrogen-bond acceptors (Lipinski definition) is 3. The van der Waals surface area contributed by atoms with Crippen molar-refractivity contribution in [3.63, 3.8) is 0 Å². The maximum absolute atomic E-state index is 5.47. The van der Waals surface area contributed by atoms with Gasteiger partial charge in [0.2, 0.25) is 0 Å². The van der Waals surface area contributed by atoms with Crippen LogP contribution in [0.1, 0.15) is 25.0 Å². The van der Waals surface area contributed by atoms with Crippen molar-refractivity contribution in [2.75, 3.05) is 24.7 Å². The summed E-state index contributed by atoms with van der Waals surface area (Å²) in [6, 6.07) is 8.49. The van der Waals surface area contributed by atoms with Crippen LogP contribution >= 0.6 is 11.8 Å². The Morgan fingerprint density at radius 2 is 1.94 bits per heavy atom. The number of ether oxygens (including phenoxy) is 1. The van der Waals surface area contributed by atoms with Crippen LogP contribution < -0.4 is 5.32 Å². The summed E-state index contributed by atoms with van der Waals surface area (Å²) in [7, 11) is 0. The number of benzene rings is 1. The van der Waals surface area contributed by atoms with Gasteiger partial charge in [-0.2, -0.15) is 11.8 Å². The van der Waals surface area contributed by atoms with Gasteiger partial charge in [-0.3, -0.25) is 0 Å². The first-order valence-corrected chi connectivity index (χ1v) is 7.47. The quantitative estimate of drug-likeness (QED) is 0.683. The third-order valence-electron chi connectivity index (χ3n) is 2.52. The number of hydrogen-bond donors (Lipinski definition) is 1. The first kappa shape index (κ1) is 14.6. The molecule has 3 heteroatoms. The summed E-state index contributed by atoms with van der Waals surface area (Å²) in [6.45, 7) is 7.73. The highest BCUT2D eigenvalue weighted by Gasteiger charge is 2.00. The predicted molar refractivity (Wildman–Crippen MR) is 76.5 cm³/mol. The van der Waals surface area contributed by atoms with Crippen molar-refractivity contribution in [1.29, 1.82) is 0 Å². The molecule has 0 aliphatic carbocycles. The molecule has 0 saturated heterocycles. The molecule has 1 rings (SSSR count). The van der Waals surface area contributed by atoms with Gasteiger partial charge in [-0.05, 0) is 23.8 Å². The second kappa shape index (κ2) is 9.51. The van der Waals surface area contributed by atoms with Gasteiger partial charge in [0.05, 0.1) is 6.61 Å². The van der Waals surface area contributed by atoms with Crippen molar-refractivity contribution in [2.45, 2.75) is 27.0 Å². The molecule has 0 aromatic heterocycles. The van der Waals surface area contributed by atoms with Crippen LogP contribution in [0.25, 0.3) is 0 Å². The lowest BCUT2D eigenvalue weighted by molar-refractivity contribution is 0.133. The van der Waals surface area contributed by atoms with Crippen molar-refractivity contribution in [2.24, 2.45) is 0 Å². The minimum Gasteiger partial charge on any atom is -0.377 e. The fourth-order valence-corrected chi connectivity index (χ4v) is 2.17. The van der Waals surface area contributed by atoms with E-state index in [4.69, 9.17) is 4.74 Å². The molecule has 2 nitrogen and oxygen atoms in total. The smallest absolute Gasteiger partial charge is 0.0719 e. The third-order valence-corrected chi connectivity index (χ3v) is 3.42. The van der Waals surface area contributed by atoms with Gasteiger partial charge in [0.15, 0.2) is 0 Å². The minimum atomic E-state index is 0.720. The zero-order valence-electron chi connectivity index (χ0n) is 10.9. The molecular weight excluding hydrogens is 230 g/mol. The Morgan fingerprint density at radius 1 is 1.18 bits per heavy atom. The Morgan fingerprint density at radius 3 is 2.65 bits per heavy atom. The molecule has 0 spiro atoms. The van der Waals surface area contributed by atoms with E-state index in [-0.39, 0.29) is 0 Å². The van der Waals surface area contributed by atoms with E-state index in [1.54, 1.807) is 0 Å². The van der Waals surface area contributed by atoms with Crippen molar-refractivity contribution < 1.29 is 4.74 Å². The zero-order valence-corrected chi connectivity index (χ0v) is 11.7. The highest BCUT2D eigenvalue weighted by atomic mass is 32.2. The molecule has 0 unspecified atom stereocenters. The summed E-state index contributed by atoms with van der Waals surface area (Å²) in [4.78, 5) is 0. The van der Waals surface area contributed by atoms with Gasteiger partial charge in [0, 0.05) is 25.4 Å². The standard InChI is InChI=1S/C14H23NOS/c1-3-16-12-14-8-6-5-7-13(14)11-15-9-10-17-4-2/h5-8,15H,3-4,9-12H2,1-2H3. The lowest BCUT2D eigenvalue weighted by Gasteiger charge is -2.10. The van der Waals surface area contributed by atoms with E-state index in [9.17, 15) is 0 Å². The van der Waals surface area contributed by atoms with Gasteiger partial charge in [0.1, 0.15) is 0 Å². The summed E-state index contributed by atoms with van der Waals surface area (Å²) in [5, 5.41) is 3.48. The number of nitrogens with one attached hydrogen (secondary N) is 1. The largest absolute Gasteiger partial charge is 0.377 e. The van der Waals surface area contributed by atoms with E-state index in [0.29, 0.717) is 0 Å². The average Bonchev–Trinajstić information content (AvgIpc) is 2.37. The molecule has 0 aliphatic rings. The van der Waals surface area contributed by atoms with Gasteiger partial charge in [-0.15, -0.1) is 0 Å². The molecule has 0 amide bonds. The number of rotatable bonds is 9. The first-order valence-electron chi connectivity index (χ1n) is 6.31. The maximum atomic E-state index is 5.47. The molecule has 1 aromatic rings. The molecule has 0 bridgehead atoms. The fraction of sp³-hybridized carbons (Fsp3) is 0.571. The fourth-order valence-electron chi connectivity index (χ4n) is 1.59. The molecule has 0 atom stereocenters. The van der Waals surface area contributed by atoms with E-state index < -0.39 is 0 Å². The summed E-state index contributed by atoms with van der Waals surface area (Å²) in [6.07, 6.45) is 0. The highest BCUT2D eigenvalue weighted by Crippen LogP contribution is 2.10. The molecule has 0 aliphatic heterocycles. The molecule has 96 valence electrons. The summed E-state index contributed by atoms with van der Waals surface area (Å²) < 4.78 is 5.47. The molecule has 0 fully saturated rings. The monoisotopic (exact) mass is 253 g/mol. The van der Waals surface area contributed by atoms with E-state index in [1.165, 1.54) is 22.6 Å². The normalized spacial score (nSPS) is 10.7. The molecule has 1 aromatic carbocycles. The van der Waals surface area contributed by atoms with Crippen molar-refractivity contribution in [1.82, 2.24) is 5.32 Å². The Balaban J connectivity index is 2.35. The molecule has 1 N–H and O–H groups in total. The Bertz CT molecular complexity index is 304. The van der Waals surface area contributed by atoms with Crippen LogP contribution in [-0.4, -0.2) is 24.7 Å². The molecule has 17 heavy (non-hydrogen) atoms. The van der Waals surface area contributed by atoms with Crippen LogP contribution in [0.15, 0.2) is 24.3 Å². The topological polar surface area (TPSA) is 21.3 Å². The first-order chi connectivity index (χ1) is 8.38. The SMILES string of the molecule is CCOCc1ccccc1CNCCSCC. The van der Waals surface area contributed by atoms with Gasteiger partial charge in [0.25, 0.3) is 0 Å². The average molecular weight is 253 g/mol. The van der Waals surface area contributed by atoms with E-state index in [0.717, 1.165) is 26.3 Å². The van der Waals surface area contributed by atoms with Crippen LogP contribution in [0, 0.1) is 0 Å². The van der Waals surface area contributed by atoms with Gasteiger partial charge >= 0.3 is 0 Å². The Hall–Kier alpha value is -0.510. The van der Waals surface area contributed by atoms with Crippen molar-refractivity contribution in [3.8, 4) is 0 Å². The molecular formula is C14H23NOS. The van der Waals surface area contributed by atoms with Crippen LogP contribution in [0.4, 0.5) is 0 Å². The predicted octanol–water partition coefficient (Wildman–Crippen LogP) is 3.07. The van der Waals surface area contributed by atoms with Crippen LogP contribution in [0.2, 0.25) is 0 Å². The van der Waals surface area contributed by atoms with Crippen LogP contribution in [0.5, 0.6) is 0 Å². The second-order valence-corrected chi connectivity index (χ2v) is 5.17. The van der Waals surface area contributed by atoms with E-state index >= 15 is 0 Å². The zero-order chi connectivity index (χ0) is 12.3. The lowest BCUT2D eigenvalue weighted by Crippen LogP contribution is -2.17. The highest BCUT2D eigenvalue weighted by molar-refractivity contribution is 7.99.